The predicted octanol–water partition coefficient (Wildman–Crippen LogP) is 2.17. The molecule has 0 aliphatic carbocycles. The van der Waals surface area contributed by atoms with Gasteiger partial charge >= 0.3 is 0 Å². The minimum atomic E-state index is -3.62. The van der Waals surface area contributed by atoms with E-state index in [1.54, 1.807) is 23.1 Å². The molecule has 3 rings (SSSR count). The second kappa shape index (κ2) is 8.97. The molecule has 2 aromatic rings. The van der Waals surface area contributed by atoms with Crippen LogP contribution in [0.5, 0.6) is 0 Å². The first-order chi connectivity index (χ1) is 14.2. The number of nitrogens with one attached hydrogen (secondary N) is 1. The van der Waals surface area contributed by atoms with Crippen molar-refractivity contribution in [2.24, 2.45) is 5.92 Å². The zero-order valence-corrected chi connectivity index (χ0v) is 18.3. The van der Waals surface area contributed by atoms with Crippen molar-refractivity contribution in [3.63, 3.8) is 0 Å². The number of amides is 2. The molecule has 1 aliphatic heterocycles. The molecule has 0 bridgehead atoms. The highest BCUT2D eigenvalue weighted by Crippen LogP contribution is 2.26. The Hall–Kier alpha value is -2.71. The van der Waals surface area contributed by atoms with Crippen molar-refractivity contribution in [3.8, 4) is 0 Å². The summed E-state index contributed by atoms with van der Waals surface area (Å²) in [6.07, 6.45) is 1.01. The third-order valence-electron chi connectivity index (χ3n) is 5.31. The fourth-order valence-corrected chi connectivity index (χ4v) is 4.62. The molecule has 1 heterocycles. The fourth-order valence-electron chi connectivity index (χ4n) is 3.50. The molecule has 1 saturated heterocycles. The number of nitrogens with zero attached hydrogens (tertiary/aromatic N) is 2. The van der Waals surface area contributed by atoms with Crippen molar-refractivity contribution in [1.82, 2.24) is 9.62 Å². The average Bonchev–Trinajstić information content (AvgIpc) is 3.13. The van der Waals surface area contributed by atoms with Crippen molar-refractivity contribution in [3.05, 3.63) is 59.7 Å². The highest BCUT2D eigenvalue weighted by Gasteiger charge is 2.35. The first kappa shape index (κ1) is 22.0. The van der Waals surface area contributed by atoms with Crippen molar-refractivity contribution < 1.29 is 18.0 Å². The standard InChI is InChI=1S/C22H27N3O4S/c1-4-16-8-7-10-19(12-16)25-15-18(13-21(25)26)22(27)23-14-17-9-5-6-11-20(17)30(28,29)24(2)3/h5-12,18H,4,13-15H2,1-3H3,(H,23,27). The van der Waals surface area contributed by atoms with E-state index in [0.29, 0.717) is 12.1 Å². The number of benzene rings is 2. The Balaban J connectivity index is 1.69. The highest BCUT2D eigenvalue weighted by molar-refractivity contribution is 7.89. The van der Waals surface area contributed by atoms with Gasteiger partial charge in [-0.05, 0) is 35.7 Å². The van der Waals surface area contributed by atoms with Gasteiger partial charge in [0, 0.05) is 39.3 Å². The van der Waals surface area contributed by atoms with Crippen LogP contribution in [0, 0.1) is 5.92 Å². The first-order valence-electron chi connectivity index (χ1n) is 9.91. The van der Waals surface area contributed by atoms with E-state index in [4.69, 9.17) is 0 Å². The van der Waals surface area contributed by atoms with E-state index in [0.717, 1.165) is 22.0 Å². The zero-order chi connectivity index (χ0) is 21.9. The van der Waals surface area contributed by atoms with Crippen LogP contribution in [0.25, 0.3) is 0 Å². The highest BCUT2D eigenvalue weighted by atomic mass is 32.2. The lowest BCUT2D eigenvalue weighted by Crippen LogP contribution is -2.33. The van der Waals surface area contributed by atoms with Crippen LogP contribution in [0.1, 0.15) is 24.5 Å². The number of hydrogen-bond acceptors (Lipinski definition) is 4. The molecular formula is C22H27N3O4S. The van der Waals surface area contributed by atoms with Gasteiger partial charge in [-0.15, -0.1) is 0 Å². The van der Waals surface area contributed by atoms with E-state index < -0.39 is 15.9 Å². The number of carbonyl (C=O) groups excluding carboxylic acids is 2. The first-order valence-corrected chi connectivity index (χ1v) is 11.4. The lowest BCUT2D eigenvalue weighted by atomic mass is 10.1. The third kappa shape index (κ3) is 4.55. The summed E-state index contributed by atoms with van der Waals surface area (Å²) >= 11 is 0. The molecule has 30 heavy (non-hydrogen) atoms. The zero-order valence-electron chi connectivity index (χ0n) is 17.5. The van der Waals surface area contributed by atoms with Crippen molar-refractivity contribution in [2.45, 2.75) is 31.2 Å². The number of hydrogen-bond donors (Lipinski definition) is 1. The smallest absolute Gasteiger partial charge is 0.242 e. The summed E-state index contributed by atoms with van der Waals surface area (Å²) in [7, 11) is -0.677. The lowest BCUT2D eigenvalue weighted by Gasteiger charge is -2.18. The predicted molar refractivity (Wildman–Crippen MR) is 115 cm³/mol. The SMILES string of the molecule is CCc1cccc(N2CC(C(=O)NCc3ccccc3S(=O)(=O)N(C)C)CC2=O)c1. The van der Waals surface area contributed by atoms with Crippen molar-refractivity contribution in [2.75, 3.05) is 25.5 Å². The fraction of sp³-hybridized carbons (Fsp3) is 0.364. The van der Waals surface area contributed by atoms with Gasteiger partial charge in [-0.25, -0.2) is 12.7 Å². The average molecular weight is 430 g/mol. The van der Waals surface area contributed by atoms with Gasteiger partial charge in [0.05, 0.1) is 10.8 Å². The maximum absolute atomic E-state index is 12.7. The molecule has 160 valence electrons. The molecule has 1 unspecified atom stereocenters. The summed E-state index contributed by atoms with van der Waals surface area (Å²) in [5.74, 6) is -0.811. The van der Waals surface area contributed by atoms with Crippen LogP contribution in [-0.4, -0.2) is 45.2 Å². The van der Waals surface area contributed by atoms with Gasteiger partial charge in [0.2, 0.25) is 21.8 Å². The van der Waals surface area contributed by atoms with E-state index in [2.05, 4.69) is 12.2 Å². The molecule has 7 nitrogen and oxygen atoms in total. The second-order valence-corrected chi connectivity index (χ2v) is 9.66. The molecular weight excluding hydrogens is 402 g/mol. The van der Waals surface area contributed by atoms with Gasteiger partial charge in [-0.1, -0.05) is 37.3 Å². The number of sulfonamides is 1. The molecule has 0 aromatic heterocycles. The lowest BCUT2D eigenvalue weighted by molar-refractivity contribution is -0.126. The monoisotopic (exact) mass is 429 g/mol. The summed E-state index contributed by atoms with van der Waals surface area (Å²) in [6.45, 7) is 2.45. The Morgan fingerprint density at radius 1 is 1.17 bits per heavy atom. The van der Waals surface area contributed by atoms with Crippen LogP contribution in [0.4, 0.5) is 5.69 Å². The van der Waals surface area contributed by atoms with Crippen LogP contribution >= 0.6 is 0 Å². The van der Waals surface area contributed by atoms with Gasteiger partial charge in [0.15, 0.2) is 0 Å². The number of anilines is 1. The molecule has 2 amide bonds. The van der Waals surface area contributed by atoms with Gasteiger partial charge in [-0.3, -0.25) is 9.59 Å². The minimum absolute atomic E-state index is 0.0814. The van der Waals surface area contributed by atoms with Crippen LogP contribution in [0.3, 0.4) is 0 Å². The Morgan fingerprint density at radius 2 is 1.90 bits per heavy atom. The van der Waals surface area contributed by atoms with Gasteiger partial charge in [-0.2, -0.15) is 0 Å². The Bertz CT molecular complexity index is 1050. The number of aryl methyl sites for hydroxylation is 1. The maximum atomic E-state index is 12.7. The maximum Gasteiger partial charge on any atom is 0.242 e. The van der Waals surface area contributed by atoms with Crippen molar-refractivity contribution >= 4 is 27.5 Å². The molecule has 1 fully saturated rings. The van der Waals surface area contributed by atoms with Gasteiger partial charge in [0.25, 0.3) is 0 Å². The summed E-state index contributed by atoms with van der Waals surface area (Å²) in [4.78, 5) is 27.0. The van der Waals surface area contributed by atoms with Crippen LogP contribution in [-0.2, 0) is 32.6 Å². The van der Waals surface area contributed by atoms with E-state index in [9.17, 15) is 18.0 Å². The van der Waals surface area contributed by atoms with E-state index in [1.807, 2.05) is 24.3 Å². The second-order valence-electron chi connectivity index (χ2n) is 7.54. The molecule has 0 saturated carbocycles. The molecule has 1 N–H and O–H groups in total. The van der Waals surface area contributed by atoms with Crippen molar-refractivity contribution in [1.29, 1.82) is 0 Å². The quantitative estimate of drug-likeness (QED) is 0.731. The largest absolute Gasteiger partial charge is 0.352 e. The van der Waals surface area contributed by atoms with E-state index >= 15 is 0 Å². The molecule has 1 atom stereocenters. The molecule has 0 radical (unpaired) electrons. The topological polar surface area (TPSA) is 86.8 Å². The summed E-state index contributed by atoms with van der Waals surface area (Å²) in [6, 6.07) is 14.4. The number of carbonyl (C=O) groups is 2. The summed E-state index contributed by atoms with van der Waals surface area (Å²) in [5, 5.41) is 2.81. The van der Waals surface area contributed by atoms with Crippen LogP contribution in [0.15, 0.2) is 53.4 Å². The molecule has 8 heteroatoms. The van der Waals surface area contributed by atoms with Crippen LogP contribution < -0.4 is 10.2 Å². The Labute approximate surface area is 177 Å². The molecule has 2 aromatic carbocycles. The summed E-state index contributed by atoms with van der Waals surface area (Å²) < 4.78 is 26.2. The third-order valence-corrected chi connectivity index (χ3v) is 7.23. The normalized spacial score (nSPS) is 16.9. The van der Waals surface area contributed by atoms with E-state index in [1.165, 1.54) is 20.2 Å². The molecule has 1 aliphatic rings. The number of rotatable bonds is 7. The van der Waals surface area contributed by atoms with Gasteiger partial charge in [0.1, 0.15) is 0 Å². The van der Waals surface area contributed by atoms with E-state index in [-0.39, 0.29) is 29.7 Å². The van der Waals surface area contributed by atoms with Crippen LogP contribution in [0.2, 0.25) is 0 Å². The minimum Gasteiger partial charge on any atom is -0.352 e. The molecule has 0 spiro atoms. The summed E-state index contributed by atoms with van der Waals surface area (Å²) in [5.41, 5.74) is 2.44. The van der Waals surface area contributed by atoms with Gasteiger partial charge < -0.3 is 10.2 Å². The Morgan fingerprint density at radius 3 is 2.60 bits per heavy atom. The Kier molecular flexibility index (Phi) is 6.58.